The molecule has 1 aromatic carbocycles. The number of fused-ring (bicyclic) bond motifs is 2. The Morgan fingerprint density at radius 1 is 1.27 bits per heavy atom. The highest BCUT2D eigenvalue weighted by Gasteiger charge is 2.33. The molecule has 2 heterocycles. The number of pyridine rings is 1. The number of carbonyl (C=O) groups excluding carboxylic acids is 3. The zero-order valence-corrected chi connectivity index (χ0v) is 17.7. The Morgan fingerprint density at radius 3 is 2.73 bits per heavy atom. The summed E-state index contributed by atoms with van der Waals surface area (Å²) in [6.07, 6.45) is 2.59. The molecule has 1 aliphatic carbocycles. The molecule has 7 heteroatoms. The molecule has 1 N–H and O–H groups in total. The highest BCUT2D eigenvalue weighted by molar-refractivity contribution is 6.06. The predicted molar refractivity (Wildman–Crippen MR) is 112 cm³/mol. The number of amides is 3. The largest absolute Gasteiger partial charge is 0.452 e. The molecule has 3 amide bonds. The Labute approximate surface area is 175 Å². The molecule has 30 heavy (non-hydrogen) atoms. The molecule has 4 rings (SSSR count). The number of hydrogen-bond acceptors (Lipinski definition) is 5. The molecule has 7 nitrogen and oxygen atoms in total. The number of aryl methyl sites for hydroxylation is 1. The fourth-order valence-electron chi connectivity index (χ4n) is 4.35. The maximum absolute atomic E-state index is 13.2. The van der Waals surface area contributed by atoms with Gasteiger partial charge >= 0.3 is 12.0 Å². The summed E-state index contributed by atoms with van der Waals surface area (Å²) in [5.41, 5.74) is 3.23. The first-order valence-corrected chi connectivity index (χ1v) is 10.4. The van der Waals surface area contributed by atoms with Gasteiger partial charge in [0.2, 0.25) is 0 Å². The molecule has 0 unspecified atom stereocenters. The SMILES string of the molecule is CC(C)(C)[C@@H]1CCc2nc3ccccc3c(C(=O)OCC(=O)N3CCNC3=O)c2C1. The van der Waals surface area contributed by atoms with Crippen LogP contribution < -0.4 is 5.32 Å². The van der Waals surface area contributed by atoms with Gasteiger partial charge in [0.15, 0.2) is 6.61 Å². The molecule has 0 saturated carbocycles. The van der Waals surface area contributed by atoms with Gasteiger partial charge in [0.05, 0.1) is 11.1 Å². The lowest BCUT2D eigenvalue weighted by atomic mass is 9.70. The number of nitrogens with zero attached hydrogens (tertiary/aromatic N) is 2. The van der Waals surface area contributed by atoms with Crippen molar-refractivity contribution in [2.45, 2.75) is 40.0 Å². The number of benzene rings is 1. The van der Waals surface area contributed by atoms with Gasteiger partial charge in [-0.15, -0.1) is 0 Å². The predicted octanol–water partition coefficient (Wildman–Crippen LogP) is 3.09. The highest BCUT2D eigenvalue weighted by atomic mass is 16.5. The normalized spacial score (nSPS) is 18.8. The van der Waals surface area contributed by atoms with E-state index in [4.69, 9.17) is 9.72 Å². The van der Waals surface area contributed by atoms with E-state index in [1.54, 1.807) is 0 Å². The van der Waals surface area contributed by atoms with E-state index in [9.17, 15) is 14.4 Å². The molecule has 0 bridgehead atoms. The number of aromatic nitrogens is 1. The van der Waals surface area contributed by atoms with Crippen LogP contribution in [0.1, 0.15) is 48.8 Å². The minimum Gasteiger partial charge on any atom is -0.452 e. The third kappa shape index (κ3) is 3.76. The number of urea groups is 1. The molecule has 158 valence electrons. The molecule has 1 fully saturated rings. The topological polar surface area (TPSA) is 88.6 Å². The van der Waals surface area contributed by atoms with Crippen LogP contribution in [-0.2, 0) is 22.4 Å². The average molecular weight is 409 g/mol. The van der Waals surface area contributed by atoms with Crippen molar-refractivity contribution in [1.82, 2.24) is 15.2 Å². The van der Waals surface area contributed by atoms with Crippen LogP contribution in [0.25, 0.3) is 10.9 Å². The van der Waals surface area contributed by atoms with E-state index in [1.807, 2.05) is 24.3 Å². The van der Waals surface area contributed by atoms with Crippen molar-refractivity contribution < 1.29 is 19.1 Å². The number of carbonyl (C=O) groups is 3. The molecule has 1 atom stereocenters. The number of ether oxygens (including phenoxy) is 1. The maximum Gasteiger partial charge on any atom is 0.339 e. The van der Waals surface area contributed by atoms with Crippen LogP contribution in [0.5, 0.6) is 0 Å². The Balaban J connectivity index is 1.66. The van der Waals surface area contributed by atoms with Gasteiger partial charge in [-0.25, -0.2) is 9.59 Å². The van der Waals surface area contributed by atoms with E-state index in [1.165, 1.54) is 0 Å². The van der Waals surface area contributed by atoms with Crippen LogP contribution in [0.4, 0.5) is 4.79 Å². The number of hydrogen-bond donors (Lipinski definition) is 1. The van der Waals surface area contributed by atoms with Crippen molar-refractivity contribution in [2.24, 2.45) is 11.3 Å². The van der Waals surface area contributed by atoms with Crippen molar-refractivity contribution in [3.05, 3.63) is 41.1 Å². The molecular weight excluding hydrogens is 382 g/mol. The van der Waals surface area contributed by atoms with E-state index in [0.29, 0.717) is 18.0 Å². The number of rotatable bonds is 3. The summed E-state index contributed by atoms with van der Waals surface area (Å²) in [7, 11) is 0. The first kappa shape index (κ1) is 20.3. The smallest absolute Gasteiger partial charge is 0.339 e. The standard InChI is InChI=1S/C23H27N3O4/c1-23(2,3)14-8-9-18-16(12-14)20(15-6-4-5-7-17(15)25-18)21(28)30-13-19(27)26-11-10-24-22(26)29/h4-7,14H,8-13H2,1-3H3,(H,24,29)/t14-/m1/s1. The van der Waals surface area contributed by atoms with Crippen LogP contribution >= 0.6 is 0 Å². The zero-order valence-electron chi connectivity index (χ0n) is 17.7. The van der Waals surface area contributed by atoms with Gasteiger partial charge in [-0.3, -0.25) is 14.7 Å². The summed E-state index contributed by atoms with van der Waals surface area (Å²) in [6.45, 7) is 6.89. The summed E-state index contributed by atoms with van der Waals surface area (Å²) in [6, 6.07) is 7.08. The Hall–Kier alpha value is -2.96. The minimum absolute atomic E-state index is 0.115. The summed E-state index contributed by atoms with van der Waals surface area (Å²) < 4.78 is 5.41. The van der Waals surface area contributed by atoms with Gasteiger partial charge in [-0.05, 0) is 42.2 Å². The van der Waals surface area contributed by atoms with Crippen LogP contribution in [0.15, 0.2) is 24.3 Å². The fourth-order valence-corrected chi connectivity index (χ4v) is 4.35. The zero-order chi connectivity index (χ0) is 21.5. The summed E-state index contributed by atoms with van der Waals surface area (Å²) in [5, 5.41) is 3.31. The Bertz CT molecular complexity index is 1030. The van der Waals surface area contributed by atoms with Gasteiger partial charge in [-0.1, -0.05) is 39.0 Å². The van der Waals surface area contributed by atoms with Gasteiger partial charge in [0, 0.05) is 24.2 Å². The molecule has 1 saturated heterocycles. The van der Waals surface area contributed by atoms with Crippen LogP contribution in [0, 0.1) is 11.3 Å². The van der Waals surface area contributed by atoms with E-state index in [0.717, 1.165) is 46.3 Å². The van der Waals surface area contributed by atoms with Crippen molar-refractivity contribution in [2.75, 3.05) is 19.7 Å². The van der Waals surface area contributed by atoms with E-state index < -0.39 is 24.5 Å². The monoisotopic (exact) mass is 409 g/mol. The van der Waals surface area contributed by atoms with Crippen molar-refractivity contribution >= 4 is 28.8 Å². The lowest BCUT2D eigenvalue weighted by Crippen LogP contribution is -2.37. The Kier molecular flexibility index (Phi) is 5.22. The fraction of sp³-hybridized carbons (Fsp3) is 0.478. The molecule has 2 aromatic rings. The maximum atomic E-state index is 13.2. The average Bonchev–Trinajstić information content (AvgIpc) is 3.14. The second-order valence-electron chi connectivity index (χ2n) is 9.09. The second-order valence-corrected chi connectivity index (χ2v) is 9.09. The van der Waals surface area contributed by atoms with E-state index in [-0.39, 0.29) is 12.0 Å². The first-order chi connectivity index (χ1) is 14.3. The molecule has 0 radical (unpaired) electrons. The van der Waals surface area contributed by atoms with Crippen LogP contribution in [-0.4, -0.2) is 47.5 Å². The quantitative estimate of drug-likeness (QED) is 0.787. The number of esters is 1. The third-order valence-electron chi connectivity index (χ3n) is 6.17. The summed E-state index contributed by atoms with van der Waals surface area (Å²) >= 11 is 0. The lowest BCUT2D eigenvalue weighted by molar-refractivity contribution is -0.130. The summed E-state index contributed by atoms with van der Waals surface area (Å²) in [5.74, 6) is -0.625. The molecule has 1 aliphatic heterocycles. The minimum atomic E-state index is -0.535. The molecular formula is C23H27N3O4. The van der Waals surface area contributed by atoms with Crippen molar-refractivity contribution in [3.63, 3.8) is 0 Å². The third-order valence-corrected chi connectivity index (χ3v) is 6.17. The highest BCUT2D eigenvalue weighted by Crippen LogP contribution is 2.39. The van der Waals surface area contributed by atoms with Crippen molar-refractivity contribution in [1.29, 1.82) is 0 Å². The van der Waals surface area contributed by atoms with Gasteiger partial charge < -0.3 is 10.1 Å². The Morgan fingerprint density at radius 2 is 2.03 bits per heavy atom. The van der Waals surface area contributed by atoms with Gasteiger partial charge in [0.1, 0.15) is 0 Å². The number of para-hydroxylation sites is 1. The molecule has 2 aliphatic rings. The van der Waals surface area contributed by atoms with Gasteiger partial charge in [0.25, 0.3) is 5.91 Å². The number of nitrogens with one attached hydrogen (secondary N) is 1. The van der Waals surface area contributed by atoms with Crippen molar-refractivity contribution in [3.8, 4) is 0 Å². The molecule has 0 spiro atoms. The summed E-state index contributed by atoms with van der Waals surface area (Å²) in [4.78, 5) is 43.0. The van der Waals surface area contributed by atoms with Crippen LogP contribution in [0.3, 0.4) is 0 Å². The number of imide groups is 1. The first-order valence-electron chi connectivity index (χ1n) is 10.4. The van der Waals surface area contributed by atoms with E-state index in [2.05, 4.69) is 26.1 Å². The second kappa shape index (κ2) is 7.70. The molecule has 1 aromatic heterocycles. The van der Waals surface area contributed by atoms with E-state index >= 15 is 0 Å². The lowest BCUT2D eigenvalue weighted by Gasteiger charge is -2.35. The van der Waals surface area contributed by atoms with Crippen LogP contribution in [0.2, 0.25) is 0 Å². The van der Waals surface area contributed by atoms with Gasteiger partial charge in [-0.2, -0.15) is 0 Å².